The first kappa shape index (κ1) is 12.1. The summed E-state index contributed by atoms with van der Waals surface area (Å²) in [5.74, 6) is 1.03. The predicted molar refractivity (Wildman–Crippen MR) is 68.9 cm³/mol. The average molecular weight is 284 g/mol. The highest BCUT2D eigenvalue weighted by Crippen LogP contribution is 2.35. The topological polar surface area (TPSA) is 22.1 Å². The highest BCUT2D eigenvalue weighted by Gasteiger charge is 2.32. The van der Waals surface area contributed by atoms with Gasteiger partial charge in [0.25, 0.3) is 0 Å². The summed E-state index contributed by atoms with van der Waals surface area (Å²) >= 11 is 3.81. The van der Waals surface area contributed by atoms with Gasteiger partial charge in [0.1, 0.15) is 0 Å². The Labute approximate surface area is 106 Å². The number of halogens is 1. The van der Waals surface area contributed by atoms with Crippen LogP contribution in [0.4, 0.5) is 0 Å². The second-order valence-corrected chi connectivity index (χ2v) is 5.68. The third-order valence-corrected chi connectivity index (χ3v) is 4.85. The summed E-state index contributed by atoms with van der Waals surface area (Å²) < 4.78 is 5.62. The molecule has 0 spiro atoms. The van der Waals surface area contributed by atoms with Gasteiger partial charge in [-0.2, -0.15) is 0 Å². The molecule has 88 valence electrons. The van der Waals surface area contributed by atoms with Gasteiger partial charge >= 0.3 is 0 Å². The number of nitrogens with zero attached hydrogens (tertiary/aromatic N) is 1. The van der Waals surface area contributed by atoms with E-state index in [0.29, 0.717) is 22.8 Å². The van der Waals surface area contributed by atoms with Gasteiger partial charge in [0, 0.05) is 22.6 Å². The van der Waals surface area contributed by atoms with Crippen molar-refractivity contribution in [3.8, 4) is 0 Å². The van der Waals surface area contributed by atoms with E-state index < -0.39 is 0 Å². The molecule has 4 unspecified atom stereocenters. The maximum absolute atomic E-state index is 5.62. The van der Waals surface area contributed by atoms with Crippen molar-refractivity contribution in [3.05, 3.63) is 30.1 Å². The molecule has 2 rings (SSSR count). The molecule has 1 fully saturated rings. The Kier molecular flexibility index (Phi) is 3.98. The van der Waals surface area contributed by atoms with E-state index in [-0.39, 0.29) is 0 Å². The lowest BCUT2D eigenvalue weighted by Crippen LogP contribution is -2.21. The summed E-state index contributed by atoms with van der Waals surface area (Å²) in [5, 5.41) is 0. The van der Waals surface area contributed by atoms with Crippen molar-refractivity contribution in [2.24, 2.45) is 5.92 Å². The maximum Gasteiger partial charge on any atom is 0.0551 e. The average Bonchev–Trinajstić information content (AvgIpc) is 2.75. The SMILES string of the molecule is CC1CC(C(Br)C(C)c2ccccn2)CO1. The van der Waals surface area contributed by atoms with E-state index in [1.807, 2.05) is 18.3 Å². The van der Waals surface area contributed by atoms with Crippen molar-refractivity contribution in [1.82, 2.24) is 4.98 Å². The summed E-state index contributed by atoms with van der Waals surface area (Å²) in [6.07, 6.45) is 3.41. The van der Waals surface area contributed by atoms with E-state index in [1.165, 1.54) is 0 Å². The van der Waals surface area contributed by atoms with Crippen LogP contribution in [0.5, 0.6) is 0 Å². The molecule has 0 aliphatic carbocycles. The van der Waals surface area contributed by atoms with E-state index in [2.05, 4.69) is 40.8 Å². The number of hydrogen-bond donors (Lipinski definition) is 0. The molecule has 1 aliphatic rings. The van der Waals surface area contributed by atoms with Crippen LogP contribution >= 0.6 is 15.9 Å². The molecule has 2 nitrogen and oxygen atoms in total. The molecule has 1 aromatic rings. The number of aromatic nitrogens is 1. The van der Waals surface area contributed by atoms with Crippen molar-refractivity contribution in [2.75, 3.05) is 6.61 Å². The van der Waals surface area contributed by atoms with Gasteiger partial charge in [-0.3, -0.25) is 4.98 Å². The third kappa shape index (κ3) is 2.64. The lowest BCUT2D eigenvalue weighted by atomic mass is 9.91. The van der Waals surface area contributed by atoms with Crippen molar-refractivity contribution >= 4 is 15.9 Å². The van der Waals surface area contributed by atoms with E-state index in [9.17, 15) is 0 Å². The minimum atomic E-state index is 0.404. The molecule has 0 bridgehead atoms. The van der Waals surface area contributed by atoms with Gasteiger partial charge in [0.05, 0.1) is 12.7 Å². The Morgan fingerprint density at radius 1 is 1.50 bits per heavy atom. The Bertz CT molecular complexity index is 330. The Balaban J connectivity index is 2.02. The molecular weight excluding hydrogens is 266 g/mol. The van der Waals surface area contributed by atoms with Gasteiger partial charge in [0.2, 0.25) is 0 Å². The molecule has 1 aliphatic heterocycles. The number of ether oxygens (including phenoxy) is 1. The second-order valence-electron chi connectivity index (χ2n) is 4.63. The van der Waals surface area contributed by atoms with Crippen molar-refractivity contribution < 1.29 is 4.74 Å². The third-order valence-electron chi connectivity index (χ3n) is 3.31. The number of alkyl halides is 1. The van der Waals surface area contributed by atoms with Crippen LogP contribution in [0.15, 0.2) is 24.4 Å². The maximum atomic E-state index is 5.62. The fraction of sp³-hybridized carbons (Fsp3) is 0.615. The first-order valence-corrected chi connectivity index (χ1v) is 6.76. The van der Waals surface area contributed by atoms with Crippen LogP contribution < -0.4 is 0 Å². The van der Waals surface area contributed by atoms with Crippen LogP contribution in [0.25, 0.3) is 0 Å². The van der Waals surface area contributed by atoms with E-state index in [1.54, 1.807) is 0 Å². The normalized spacial score (nSPS) is 28.9. The lowest BCUT2D eigenvalue weighted by Gasteiger charge is -2.22. The predicted octanol–water partition coefficient (Wildman–Crippen LogP) is 3.37. The van der Waals surface area contributed by atoms with E-state index in [4.69, 9.17) is 4.74 Å². The zero-order valence-electron chi connectivity index (χ0n) is 9.77. The van der Waals surface area contributed by atoms with Crippen LogP contribution in [-0.2, 0) is 4.74 Å². The molecule has 2 heterocycles. The number of rotatable bonds is 3. The second kappa shape index (κ2) is 5.28. The fourth-order valence-electron chi connectivity index (χ4n) is 2.29. The smallest absolute Gasteiger partial charge is 0.0551 e. The zero-order valence-corrected chi connectivity index (χ0v) is 11.4. The molecule has 0 radical (unpaired) electrons. The summed E-state index contributed by atoms with van der Waals surface area (Å²) in [5.41, 5.74) is 1.16. The molecule has 0 aromatic carbocycles. The standard InChI is InChI=1S/C13H18BrNO/c1-9-7-11(8-16-9)13(14)10(2)12-5-3-4-6-15-12/h3-6,9-11,13H,7-8H2,1-2H3. The Morgan fingerprint density at radius 2 is 2.31 bits per heavy atom. The van der Waals surface area contributed by atoms with Gasteiger partial charge in [0.15, 0.2) is 0 Å². The lowest BCUT2D eigenvalue weighted by molar-refractivity contribution is 0.119. The summed E-state index contributed by atoms with van der Waals surface area (Å²) in [4.78, 5) is 4.87. The quantitative estimate of drug-likeness (QED) is 0.794. The fourth-order valence-corrected chi connectivity index (χ4v) is 2.93. The van der Waals surface area contributed by atoms with Crippen LogP contribution in [-0.4, -0.2) is 22.5 Å². The van der Waals surface area contributed by atoms with Gasteiger partial charge in [-0.15, -0.1) is 0 Å². The van der Waals surface area contributed by atoms with Crippen LogP contribution in [0.1, 0.15) is 31.9 Å². The molecule has 0 amide bonds. The Hall–Kier alpha value is -0.410. The molecule has 16 heavy (non-hydrogen) atoms. The highest BCUT2D eigenvalue weighted by molar-refractivity contribution is 9.09. The Morgan fingerprint density at radius 3 is 2.88 bits per heavy atom. The molecule has 1 saturated heterocycles. The van der Waals surface area contributed by atoms with Crippen molar-refractivity contribution in [1.29, 1.82) is 0 Å². The molecule has 3 heteroatoms. The van der Waals surface area contributed by atoms with Gasteiger partial charge in [-0.05, 0) is 31.4 Å². The zero-order chi connectivity index (χ0) is 11.5. The summed E-state index contributed by atoms with van der Waals surface area (Å²) in [6, 6.07) is 6.10. The molecule has 0 saturated carbocycles. The number of pyridine rings is 1. The van der Waals surface area contributed by atoms with E-state index in [0.717, 1.165) is 18.7 Å². The van der Waals surface area contributed by atoms with Crippen molar-refractivity contribution in [2.45, 2.75) is 37.1 Å². The molecule has 1 aromatic heterocycles. The number of hydrogen-bond acceptors (Lipinski definition) is 2. The molecular formula is C13H18BrNO. The largest absolute Gasteiger partial charge is 0.378 e. The van der Waals surface area contributed by atoms with E-state index >= 15 is 0 Å². The molecule has 4 atom stereocenters. The minimum Gasteiger partial charge on any atom is -0.378 e. The van der Waals surface area contributed by atoms with Gasteiger partial charge in [-0.1, -0.05) is 28.9 Å². The van der Waals surface area contributed by atoms with Crippen LogP contribution in [0, 0.1) is 5.92 Å². The van der Waals surface area contributed by atoms with Crippen LogP contribution in [0.2, 0.25) is 0 Å². The highest BCUT2D eigenvalue weighted by atomic mass is 79.9. The summed E-state index contributed by atoms with van der Waals surface area (Å²) in [7, 11) is 0. The van der Waals surface area contributed by atoms with Gasteiger partial charge < -0.3 is 4.74 Å². The minimum absolute atomic E-state index is 0.404. The summed E-state index contributed by atoms with van der Waals surface area (Å²) in [6.45, 7) is 5.24. The van der Waals surface area contributed by atoms with Crippen LogP contribution in [0.3, 0.4) is 0 Å². The first-order valence-electron chi connectivity index (χ1n) is 5.85. The van der Waals surface area contributed by atoms with Crippen molar-refractivity contribution in [3.63, 3.8) is 0 Å². The monoisotopic (exact) mass is 283 g/mol. The molecule has 0 N–H and O–H groups in total. The van der Waals surface area contributed by atoms with Gasteiger partial charge in [-0.25, -0.2) is 0 Å². The first-order chi connectivity index (χ1) is 7.68.